The van der Waals surface area contributed by atoms with Crippen LogP contribution in [0, 0.1) is 19.8 Å². The van der Waals surface area contributed by atoms with Gasteiger partial charge in [-0.15, -0.1) is 22.9 Å². The maximum atomic E-state index is 5.95. The first-order valence-corrected chi connectivity index (χ1v) is 6.82. The SMILES string of the molecule is Cc1nc(NC2CCCC2CCl)sc1C. The molecule has 1 aliphatic rings. The van der Waals surface area contributed by atoms with Crippen molar-refractivity contribution in [2.24, 2.45) is 5.92 Å². The highest BCUT2D eigenvalue weighted by molar-refractivity contribution is 7.15. The van der Waals surface area contributed by atoms with Gasteiger partial charge in [0.1, 0.15) is 0 Å². The zero-order chi connectivity index (χ0) is 10.8. The lowest BCUT2D eigenvalue weighted by molar-refractivity contribution is 0.562. The molecule has 2 unspecified atom stereocenters. The Kier molecular flexibility index (Phi) is 3.52. The van der Waals surface area contributed by atoms with E-state index in [-0.39, 0.29) is 0 Å². The maximum absolute atomic E-state index is 5.95. The highest BCUT2D eigenvalue weighted by Gasteiger charge is 2.26. The summed E-state index contributed by atoms with van der Waals surface area (Å²) in [6.45, 7) is 4.18. The molecule has 4 heteroatoms. The summed E-state index contributed by atoms with van der Waals surface area (Å²) in [6, 6.07) is 0.535. The molecular weight excluding hydrogens is 228 g/mol. The van der Waals surface area contributed by atoms with Gasteiger partial charge in [0, 0.05) is 16.8 Å². The lowest BCUT2D eigenvalue weighted by atomic mass is 10.1. The summed E-state index contributed by atoms with van der Waals surface area (Å²) < 4.78 is 0. The van der Waals surface area contributed by atoms with Crippen LogP contribution >= 0.6 is 22.9 Å². The molecule has 0 aliphatic heterocycles. The lowest BCUT2D eigenvalue weighted by Crippen LogP contribution is -2.24. The summed E-state index contributed by atoms with van der Waals surface area (Å²) in [6.07, 6.45) is 3.78. The fourth-order valence-corrected chi connectivity index (χ4v) is 3.35. The highest BCUT2D eigenvalue weighted by atomic mass is 35.5. The maximum Gasteiger partial charge on any atom is 0.183 e. The Balaban J connectivity index is 2.02. The van der Waals surface area contributed by atoms with E-state index in [0.717, 1.165) is 16.7 Å². The first-order valence-electron chi connectivity index (χ1n) is 5.47. The number of aromatic nitrogens is 1. The Hall–Kier alpha value is -0.280. The lowest BCUT2D eigenvalue weighted by Gasteiger charge is -2.17. The van der Waals surface area contributed by atoms with Crippen LogP contribution in [0.3, 0.4) is 0 Å². The van der Waals surface area contributed by atoms with E-state index in [1.54, 1.807) is 11.3 Å². The van der Waals surface area contributed by atoms with Crippen molar-refractivity contribution in [2.45, 2.75) is 39.2 Å². The number of nitrogens with zero attached hydrogens (tertiary/aromatic N) is 1. The van der Waals surface area contributed by atoms with E-state index < -0.39 is 0 Å². The number of hydrogen-bond donors (Lipinski definition) is 1. The molecule has 84 valence electrons. The summed E-state index contributed by atoms with van der Waals surface area (Å²) in [5, 5.41) is 4.59. The number of rotatable bonds is 3. The Morgan fingerprint density at radius 1 is 1.47 bits per heavy atom. The normalized spacial score (nSPS) is 25.8. The molecule has 1 heterocycles. The molecule has 0 aromatic carbocycles. The number of thiazole rings is 1. The molecule has 0 amide bonds. The van der Waals surface area contributed by atoms with E-state index in [0.29, 0.717) is 12.0 Å². The molecule has 1 aromatic rings. The van der Waals surface area contributed by atoms with Crippen molar-refractivity contribution in [3.8, 4) is 0 Å². The van der Waals surface area contributed by atoms with Crippen LogP contribution in [0.25, 0.3) is 0 Å². The molecule has 1 aliphatic carbocycles. The summed E-state index contributed by atoms with van der Waals surface area (Å²) in [5.41, 5.74) is 1.14. The topological polar surface area (TPSA) is 24.9 Å². The Morgan fingerprint density at radius 2 is 2.27 bits per heavy atom. The molecule has 2 nitrogen and oxygen atoms in total. The van der Waals surface area contributed by atoms with Crippen molar-refractivity contribution in [3.63, 3.8) is 0 Å². The summed E-state index contributed by atoms with van der Waals surface area (Å²) in [5.74, 6) is 1.39. The van der Waals surface area contributed by atoms with Crippen LogP contribution in [0.2, 0.25) is 0 Å². The van der Waals surface area contributed by atoms with Crippen LogP contribution in [-0.4, -0.2) is 16.9 Å². The number of hydrogen-bond acceptors (Lipinski definition) is 3. The van der Waals surface area contributed by atoms with Gasteiger partial charge in [0.2, 0.25) is 0 Å². The number of anilines is 1. The second-order valence-electron chi connectivity index (χ2n) is 4.26. The van der Waals surface area contributed by atoms with Gasteiger partial charge in [-0.1, -0.05) is 6.42 Å². The average molecular weight is 245 g/mol. The van der Waals surface area contributed by atoms with Crippen LogP contribution in [0.4, 0.5) is 5.13 Å². The summed E-state index contributed by atoms with van der Waals surface area (Å²) in [4.78, 5) is 5.81. The van der Waals surface area contributed by atoms with Crippen molar-refractivity contribution >= 4 is 28.1 Å². The second-order valence-corrected chi connectivity index (χ2v) is 5.77. The number of halogens is 1. The third-order valence-corrected chi connectivity index (χ3v) is 4.60. The molecule has 0 bridgehead atoms. The molecule has 0 radical (unpaired) electrons. The third kappa shape index (κ3) is 2.45. The van der Waals surface area contributed by atoms with E-state index >= 15 is 0 Å². The van der Waals surface area contributed by atoms with Crippen molar-refractivity contribution in [1.29, 1.82) is 0 Å². The van der Waals surface area contributed by atoms with Crippen molar-refractivity contribution in [3.05, 3.63) is 10.6 Å². The van der Waals surface area contributed by atoms with Gasteiger partial charge in [0.25, 0.3) is 0 Å². The van der Waals surface area contributed by atoms with Crippen LogP contribution in [-0.2, 0) is 0 Å². The smallest absolute Gasteiger partial charge is 0.183 e. The standard InChI is InChI=1S/C11H17ClN2S/c1-7-8(2)15-11(13-7)14-10-5-3-4-9(10)6-12/h9-10H,3-6H2,1-2H3,(H,13,14). The van der Waals surface area contributed by atoms with Crippen LogP contribution in [0.5, 0.6) is 0 Å². The quantitative estimate of drug-likeness (QED) is 0.823. The Bertz CT molecular complexity index is 318. The first-order chi connectivity index (χ1) is 7.20. The number of alkyl halides is 1. The predicted molar refractivity (Wildman–Crippen MR) is 67.1 cm³/mol. The second kappa shape index (κ2) is 4.71. The highest BCUT2D eigenvalue weighted by Crippen LogP contribution is 2.31. The van der Waals surface area contributed by atoms with Crippen LogP contribution in [0.15, 0.2) is 0 Å². The molecule has 15 heavy (non-hydrogen) atoms. The fraction of sp³-hybridized carbons (Fsp3) is 0.727. The minimum absolute atomic E-state index is 0.535. The van der Waals surface area contributed by atoms with Gasteiger partial charge in [0.05, 0.1) is 5.69 Å². The van der Waals surface area contributed by atoms with Gasteiger partial charge in [0.15, 0.2) is 5.13 Å². The van der Waals surface area contributed by atoms with Crippen molar-refractivity contribution in [1.82, 2.24) is 4.98 Å². The minimum atomic E-state index is 0.535. The molecule has 1 saturated carbocycles. The molecular formula is C11H17ClN2S. The summed E-state index contributed by atoms with van der Waals surface area (Å²) in [7, 11) is 0. The zero-order valence-electron chi connectivity index (χ0n) is 9.22. The van der Waals surface area contributed by atoms with E-state index in [9.17, 15) is 0 Å². The first kappa shape index (κ1) is 11.2. The van der Waals surface area contributed by atoms with Crippen molar-refractivity contribution < 1.29 is 0 Å². The third-order valence-electron chi connectivity index (χ3n) is 3.19. The van der Waals surface area contributed by atoms with Gasteiger partial charge in [-0.25, -0.2) is 4.98 Å². The minimum Gasteiger partial charge on any atom is -0.358 e. The van der Waals surface area contributed by atoms with Gasteiger partial charge in [-0.05, 0) is 32.6 Å². The molecule has 1 aromatic heterocycles. The molecule has 1 fully saturated rings. The fourth-order valence-electron chi connectivity index (χ4n) is 2.10. The monoisotopic (exact) mass is 244 g/mol. The molecule has 0 spiro atoms. The van der Waals surface area contributed by atoms with E-state index in [1.807, 2.05) is 0 Å². The Labute approximate surface area is 100 Å². The zero-order valence-corrected chi connectivity index (χ0v) is 10.8. The van der Waals surface area contributed by atoms with E-state index in [4.69, 9.17) is 11.6 Å². The summed E-state index contributed by atoms with van der Waals surface area (Å²) >= 11 is 7.70. The number of nitrogens with one attached hydrogen (secondary N) is 1. The van der Waals surface area contributed by atoms with Crippen LogP contribution in [0.1, 0.15) is 29.8 Å². The van der Waals surface area contributed by atoms with E-state index in [2.05, 4.69) is 24.1 Å². The average Bonchev–Trinajstić information content (AvgIpc) is 2.75. The molecule has 1 N–H and O–H groups in total. The number of aryl methyl sites for hydroxylation is 2. The Morgan fingerprint density at radius 3 is 2.87 bits per heavy atom. The van der Waals surface area contributed by atoms with E-state index in [1.165, 1.54) is 24.1 Å². The van der Waals surface area contributed by atoms with Gasteiger partial charge in [-0.2, -0.15) is 0 Å². The molecule has 2 rings (SSSR count). The van der Waals surface area contributed by atoms with Crippen molar-refractivity contribution in [2.75, 3.05) is 11.2 Å². The van der Waals surface area contributed by atoms with Gasteiger partial charge in [-0.3, -0.25) is 0 Å². The largest absolute Gasteiger partial charge is 0.358 e. The molecule has 0 saturated heterocycles. The van der Waals surface area contributed by atoms with Gasteiger partial charge < -0.3 is 5.32 Å². The predicted octanol–water partition coefficient (Wildman–Crippen LogP) is 3.58. The van der Waals surface area contributed by atoms with Crippen LogP contribution < -0.4 is 5.32 Å². The molecule has 2 atom stereocenters. The van der Waals surface area contributed by atoms with Gasteiger partial charge >= 0.3 is 0 Å².